The minimum atomic E-state index is -0.491. The van der Waals surface area contributed by atoms with Gasteiger partial charge in [-0.25, -0.2) is 9.37 Å². The van der Waals surface area contributed by atoms with E-state index in [1.54, 1.807) is 0 Å². The third kappa shape index (κ3) is 3.80. The van der Waals surface area contributed by atoms with Gasteiger partial charge in [0.25, 0.3) is 0 Å². The molecule has 1 unspecified atom stereocenters. The molecule has 0 saturated heterocycles. The first-order valence-corrected chi connectivity index (χ1v) is 6.20. The van der Waals surface area contributed by atoms with Crippen molar-refractivity contribution in [2.24, 2.45) is 0 Å². The summed E-state index contributed by atoms with van der Waals surface area (Å²) in [4.78, 5) is 7.93. The van der Waals surface area contributed by atoms with Gasteiger partial charge < -0.3 is 15.7 Å². The normalized spacial score (nSPS) is 14.1. The SMILES string of the molecule is CCNc1ncc(F)c(NC(C)(CC)CCO)n1. The van der Waals surface area contributed by atoms with Crippen LogP contribution < -0.4 is 10.6 Å². The van der Waals surface area contributed by atoms with E-state index in [2.05, 4.69) is 20.6 Å². The number of aliphatic hydroxyl groups excluding tert-OH is 1. The highest BCUT2D eigenvalue weighted by molar-refractivity contribution is 5.43. The first-order valence-electron chi connectivity index (χ1n) is 6.20. The molecule has 1 aromatic rings. The highest BCUT2D eigenvalue weighted by atomic mass is 19.1. The van der Waals surface area contributed by atoms with Crippen molar-refractivity contribution in [2.75, 3.05) is 23.8 Å². The van der Waals surface area contributed by atoms with Crippen molar-refractivity contribution in [2.45, 2.75) is 39.2 Å². The molecule has 0 bridgehead atoms. The van der Waals surface area contributed by atoms with Gasteiger partial charge in [-0.05, 0) is 26.7 Å². The Balaban J connectivity index is 2.90. The van der Waals surface area contributed by atoms with E-state index >= 15 is 0 Å². The Kier molecular flexibility index (Phi) is 5.27. The molecular formula is C12H21FN4O. The molecule has 0 saturated carbocycles. The van der Waals surface area contributed by atoms with Crippen LogP contribution in [-0.2, 0) is 0 Å². The van der Waals surface area contributed by atoms with E-state index in [0.29, 0.717) is 18.9 Å². The summed E-state index contributed by atoms with van der Waals surface area (Å²) in [6, 6.07) is 0. The molecule has 1 heterocycles. The predicted molar refractivity (Wildman–Crippen MR) is 70.2 cm³/mol. The number of aromatic nitrogens is 2. The number of hydrogen-bond donors (Lipinski definition) is 3. The van der Waals surface area contributed by atoms with E-state index in [0.717, 1.165) is 12.6 Å². The molecule has 0 aromatic carbocycles. The fourth-order valence-corrected chi connectivity index (χ4v) is 1.56. The van der Waals surface area contributed by atoms with Crippen LogP contribution in [0.2, 0.25) is 0 Å². The lowest BCUT2D eigenvalue weighted by Crippen LogP contribution is -2.36. The quantitative estimate of drug-likeness (QED) is 0.696. The topological polar surface area (TPSA) is 70.1 Å². The van der Waals surface area contributed by atoms with Gasteiger partial charge in [0.2, 0.25) is 5.95 Å². The van der Waals surface area contributed by atoms with Crippen molar-refractivity contribution in [3.63, 3.8) is 0 Å². The average molecular weight is 256 g/mol. The van der Waals surface area contributed by atoms with Crippen molar-refractivity contribution in [1.82, 2.24) is 9.97 Å². The predicted octanol–water partition coefficient (Wildman–Crippen LogP) is 2.01. The van der Waals surface area contributed by atoms with E-state index < -0.39 is 5.82 Å². The highest BCUT2D eigenvalue weighted by Gasteiger charge is 2.23. The van der Waals surface area contributed by atoms with Crippen molar-refractivity contribution in [3.8, 4) is 0 Å². The van der Waals surface area contributed by atoms with E-state index in [1.165, 1.54) is 0 Å². The zero-order chi connectivity index (χ0) is 13.6. The number of nitrogens with zero attached hydrogens (tertiary/aromatic N) is 2. The molecule has 0 aliphatic heterocycles. The fraction of sp³-hybridized carbons (Fsp3) is 0.667. The van der Waals surface area contributed by atoms with E-state index in [-0.39, 0.29) is 18.0 Å². The Morgan fingerprint density at radius 2 is 2.17 bits per heavy atom. The lowest BCUT2D eigenvalue weighted by Gasteiger charge is -2.29. The summed E-state index contributed by atoms with van der Waals surface area (Å²) in [7, 11) is 0. The van der Waals surface area contributed by atoms with Crippen molar-refractivity contribution < 1.29 is 9.50 Å². The minimum Gasteiger partial charge on any atom is -0.396 e. The maximum Gasteiger partial charge on any atom is 0.224 e. The summed E-state index contributed by atoms with van der Waals surface area (Å²) >= 11 is 0. The van der Waals surface area contributed by atoms with Crippen LogP contribution in [0.25, 0.3) is 0 Å². The molecule has 3 N–H and O–H groups in total. The van der Waals surface area contributed by atoms with Gasteiger partial charge in [-0.2, -0.15) is 4.98 Å². The van der Waals surface area contributed by atoms with Crippen LogP contribution in [0.15, 0.2) is 6.20 Å². The Bertz CT molecular complexity index is 388. The maximum atomic E-state index is 13.6. The average Bonchev–Trinajstić information content (AvgIpc) is 2.34. The molecule has 0 spiro atoms. The van der Waals surface area contributed by atoms with Gasteiger partial charge in [0.1, 0.15) is 0 Å². The molecule has 5 nitrogen and oxygen atoms in total. The first-order chi connectivity index (χ1) is 8.54. The minimum absolute atomic E-state index is 0.0457. The standard InChI is InChI=1S/C12H21FN4O/c1-4-12(3,6-7-18)17-10-9(13)8-15-11(16-10)14-5-2/h8,18H,4-7H2,1-3H3,(H2,14,15,16,17). The van der Waals surface area contributed by atoms with Crippen LogP contribution >= 0.6 is 0 Å². The van der Waals surface area contributed by atoms with Gasteiger partial charge in [-0.15, -0.1) is 0 Å². The zero-order valence-electron chi connectivity index (χ0n) is 11.1. The monoisotopic (exact) mass is 256 g/mol. The van der Waals surface area contributed by atoms with Crippen LogP contribution in [-0.4, -0.2) is 33.8 Å². The summed E-state index contributed by atoms with van der Waals surface area (Å²) in [6.07, 6.45) is 2.43. The molecular weight excluding hydrogens is 235 g/mol. The molecule has 6 heteroatoms. The van der Waals surface area contributed by atoms with Gasteiger partial charge >= 0.3 is 0 Å². The van der Waals surface area contributed by atoms with Gasteiger partial charge in [0.05, 0.1) is 6.20 Å². The van der Waals surface area contributed by atoms with Crippen LogP contribution in [0.1, 0.15) is 33.6 Å². The van der Waals surface area contributed by atoms with E-state index in [4.69, 9.17) is 5.11 Å². The second kappa shape index (κ2) is 6.49. The van der Waals surface area contributed by atoms with Gasteiger partial charge in [-0.1, -0.05) is 6.92 Å². The summed E-state index contributed by atoms with van der Waals surface area (Å²) in [5, 5.41) is 15.0. The molecule has 0 fully saturated rings. The van der Waals surface area contributed by atoms with Crippen LogP contribution in [0, 0.1) is 5.82 Å². The summed E-state index contributed by atoms with van der Waals surface area (Å²) in [6.45, 7) is 6.54. The van der Waals surface area contributed by atoms with Crippen LogP contribution in [0.3, 0.4) is 0 Å². The number of rotatable bonds is 7. The largest absolute Gasteiger partial charge is 0.396 e. The summed E-state index contributed by atoms with van der Waals surface area (Å²) < 4.78 is 13.6. The first kappa shape index (κ1) is 14.6. The van der Waals surface area contributed by atoms with Crippen LogP contribution in [0.5, 0.6) is 0 Å². The summed E-state index contributed by atoms with van der Waals surface area (Å²) in [5.41, 5.74) is -0.382. The fourth-order valence-electron chi connectivity index (χ4n) is 1.56. The highest BCUT2D eigenvalue weighted by Crippen LogP contribution is 2.22. The van der Waals surface area contributed by atoms with Crippen molar-refractivity contribution in [3.05, 3.63) is 12.0 Å². The molecule has 1 rings (SSSR count). The smallest absolute Gasteiger partial charge is 0.224 e. The maximum absolute atomic E-state index is 13.6. The van der Waals surface area contributed by atoms with Crippen LogP contribution in [0.4, 0.5) is 16.2 Å². The van der Waals surface area contributed by atoms with Gasteiger partial charge in [0, 0.05) is 18.7 Å². The number of nitrogens with one attached hydrogen (secondary N) is 2. The molecule has 1 aromatic heterocycles. The number of halogens is 1. The molecule has 18 heavy (non-hydrogen) atoms. The second-order valence-corrected chi connectivity index (χ2v) is 4.43. The van der Waals surface area contributed by atoms with E-state index in [9.17, 15) is 4.39 Å². The lowest BCUT2D eigenvalue weighted by molar-refractivity contribution is 0.251. The molecule has 1 atom stereocenters. The number of hydrogen-bond acceptors (Lipinski definition) is 5. The Morgan fingerprint density at radius 1 is 1.44 bits per heavy atom. The third-order valence-corrected chi connectivity index (χ3v) is 2.94. The molecule has 0 radical (unpaired) electrons. The molecule has 0 aliphatic rings. The Morgan fingerprint density at radius 3 is 2.72 bits per heavy atom. The number of anilines is 2. The lowest BCUT2D eigenvalue weighted by atomic mass is 9.95. The second-order valence-electron chi connectivity index (χ2n) is 4.43. The molecule has 0 aliphatic carbocycles. The van der Waals surface area contributed by atoms with E-state index in [1.807, 2.05) is 20.8 Å². The third-order valence-electron chi connectivity index (χ3n) is 2.94. The van der Waals surface area contributed by atoms with Gasteiger partial charge in [0.15, 0.2) is 11.6 Å². The Labute approximate surface area is 107 Å². The molecule has 102 valence electrons. The Hall–Kier alpha value is -1.43. The van der Waals surface area contributed by atoms with Crippen molar-refractivity contribution in [1.29, 1.82) is 0 Å². The number of aliphatic hydroxyl groups is 1. The van der Waals surface area contributed by atoms with Crippen molar-refractivity contribution >= 4 is 11.8 Å². The zero-order valence-corrected chi connectivity index (χ0v) is 11.1. The molecule has 0 amide bonds. The summed E-state index contributed by atoms with van der Waals surface area (Å²) in [5.74, 6) is 0.0665. The van der Waals surface area contributed by atoms with Gasteiger partial charge in [-0.3, -0.25) is 0 Å².